The average molecular weight is 376 g/mol. The van der Waals surface area contributed by atoms with E-state index >= 15 is 0 Å². The van der Waals surface area contributed by atoms with Crippen LogP contribution >= 0.6 is 22.9 Å². The van der Waals surface area contributed by atoms with Crippen molar-refractivity contribution >= 4 is 34.8 Å². The highest BCUT2D eigenvalue weighted by Gasteiger charge is 2.22. The number of thiophene rings is 1. The van der Waals surface area contributed by atoms with Crippen LogP contribution in [-0.4, -0.2) is 55.9 Å². The number of ether oxygens (including phenoxy) is 3. The number of rotatable bonds is 8. The van der Waals surface area contributed by atoms with Crippen LogP contribution in [0.25, 0.3) is 0 Å². The molecule has 0 saturated carbocycles. The van der Waals surface area contributed by atoms with Gasteiger partial charge in [-0.1, -0.05) is 11.6 Å². The van der Waals surface area contributed by atoms with Gasteiger partial charge in [-0.3, -0.25) is 4.79 Å². The second-order valence-corrected chi connectivity index (χ2v) is 7.47. The Morgan fingerprint density at radius 3 is 2.92 bits per heavy atom. The fourth-order valence-electron chi connectivity index (χ4n) is 2.21. The smallest absolute Gasteiger partial charge is 0.335 e. The van der Waals surface area contributed by atoms with E-state index in [1.54, 1.807) is 20.0 Å². The molecule has 1 amide bonds. The molecule has 1 aromatic heterocycles. The number of likely N-dealkylation sites (N-methyl/N-ethyl adjacent to an activating group) is 1. The van der Waals surface area contributed by atoms with E-state index in [1.165, 1.54) is 16.2 Å². The zero-order valence-electron chi connectivity index (χ0n) is 13.8. The summed E-state index contributed by atoms with van der Waals surface area (Å²) in [7, 11) is 1.65. The first-order valence-electron chi connectivity index (χ1n) is 7.83. The average Bonchev–Trinajstić information content (AvgIpc) is 3.21. The minimum atomic E-state index is -0.719. The van der Waals surface area contributed by atoms with Crippen molar-refractivity contribution in [1.29, 1.82) is 0 Å². The predicted octanol–water partition coefficient (Wildman–Crippen LogP) is 2.49. The third-order valence-corrected chi connectivity index (χ3v) is 4.89. The first-order chi connectivity index (χ1) is 11.5. The van der Waals surface area contributed by atoms with Crippen molar-refractivity contribution in [3.8, 4) is 0 Å². The van der Waals surface area contributed by atoms with Gasteiger partial charge < -0.3 is 19.1 Å². The maximum atomic E-state index is 12.0. The van der Waals surface area contributed by atoms with Crippen LogP contribution in [-0.2, 0) is 30.3 Å². The molecule has 6 nitrogen and oxygen atoms in total. The summed E-state index contributed by atoms with van der Waals surface area (Å²) in [5, 5.41) is 0. The molecule has 0 N–H and O–H groups in total. The molecular formula is C16H22ClNO5S. The molecule has 8 heteroatoms. The molecule has 0 aromatic carbocycles. The maximum Gasteiger partial charge on any atom is 0.335 e. The van der Waals surface area contributed by atoms with Crippen molar-refractivity contribution in [2.75, 3.05) is 26.9 Å². The Kier molecular flexibility index (Phi) is 7.48. The standard InChI is InChI=1S/C16H22ClNO5S/c1-11(22-9-12-4-3-7-21-12)16(20)23-10-15(19)18(2)8-13-5-6-14(17)24-13/h5-6,11-12H,3-4,7-10H2,1-2H3. The zero-order chi connectivity index (χ0) is 17.5. The molecule has 134 valence electrons. The van der Waals surface area contributed by atoms with Crippen LogP contribution in [0, 0.1) is 0 Å². The summed E-state index contributed by atoms with van der Waals surface area (Å²) in [5.41, 5.74) is 0. The van der Waals surface area contributed by atoms with E-state index in [4.69, 9.17) is 25.8 Å². The number of hydrogen-bond donors (Lipinski definition) is 0. The molecule has 0 radical (unpaired) electrons. The van der Waals surface area contributed by atoms with E-state index in [-0.39, 0.29) is 18.6 Å². The van der Waals surface area contributed by atoms with E-state index in [0.29, 0.717) is 17.5 Å². The highest BCUT2D eigenvalue weighted by atomic mass is 35.5. The lowest BCUT2D eigenvalue weighted by Gasteiger charge is -2.18. The molecule has 2 unspecified atom stereocenters. The Labute approximate surface area is 150 Å². The van der Waals surface area contributed by atoms with Crippen LogP contribution in [0.15, 0.2) is 12.1 Å². The van der Waals surface area contributed by atoms with Crippen LogP contribution in [0.4, 0.5) is 0 Å². The maximum absolute atomic E-state index is 12.0. The van der Waals surface area contributed by atoms with Crippen molar-refractivity contribution in [1.82, 2.24) is 4.90 Å². The monoisotopic (exact) mass is 375 g/mol. The van der Waals surface area contributed by atoms with Crippen molar-refractivity contribution in [2.45, 2.75) is 38.5 Å². The third kappa shape index (κ3) is 6.05. The van der Waals surface area contributed by atoms with Crippen LogP contribution in [0.1, 0.15) is 24.6 Å². The number of halogens is 1. The van der Waals surface area contributed by atoms with Crippen LogP contribution in [0.2, 0.25) is 4.34 Å². The van der Waals surface area contributed by atoms with Crippen LogP contribution in [0.3, 0.4) is 0 Å². The fraction of sp³-hybridized carbons (Fsp3) is 0.625. The molecular weight excluding hydrogens is 354 g/mol. The lowest BCUT2D eigenvalue weighted by Crippen LogP contribution is -2.33. The number of nitrogens with zero attached hydrogens (tertiary/aromatic N) is 1. The Morgan fingerprint density at radius 1 is 1.50 bits per heavy atom. The van der Waals surface area contributed by atoms with Gasteiger partial charge in [0.15, 0.2) is 12.7 Å². The third-order valence-electron chi connectivity index (χ3n) is 3.67. The second-order valence-electron chi connectivity index (χ2n) is 5.67. The van der Waals surface area contributed by atoms with Crippen molar-refractivity contribution in [3.05, 3.63) is 21.3 Å². The quantitative estimate of drug-likeness (QED) is 0.653. The number of esters is 1. The van der Waals surface area contributed by atoms with Crippen molar-refractivity contribution in [2.24, 2.45) is 0 Å². The molecule has 24 heavy (non-hydrogen) atoms. The van der Waals surface area contributed by atoms with Crippen LogP contribution < -0.4 is 0 Å². The summed E-state index contributed by atoms with van der Waals surface area (Å²) in [4.78, 5) is 26.3. The van der Waals surface area contributed by atoms with Gasteiger partial charge in [-0.15, -0.1) is 11.3 Å². The highest BCUT2D eigenvalue weighted by Crippen LogP contribution is 2.22. The van der Waals surface area contributed by atoms with Gasteiger partial charge in [0.1, 0.15) is 0 Å². The SMILES string of the molecule is CC(OCC1CCCO1)C(=O)OCC(=O)N(C)Cc1ccc(Cl)s1. The van der Waals surface area contributed by atoms with Gasteiger partial charge in [0.2, 0.25) is 0 Å². The Bertz CT molecular complexity index is 558. The van der Waals surface area contributed by atoms with E-state index < -0.39 is 12.1 Å². The van der Waals surface area contributed by atoms with Gasteiger partial charge in [-0.05, 0) is 31.9 Å². The van der Waals surface area contributed by atoms with E-state index in [9.17, 15) is 9.59 Å². The van der Waals surface area contributed by atoms with E-state index in [2.05, 4.69) is 0 Å². The first kappa shape index (κ1) is 19.2. The molecule has 1 saturated heterocycles. The normalized spacial score (nSPS) is 18.4. The lowest BCUT2D eigenvalue weighted by atomic mass is 10.2. The molecule has 0 bridgehead atoms. The number of carbonyl (C=O) groups is 2. The van der Waals surface area contributed by atoms with Gasteiger partial charge in [0.25, 0.3) is 5.91 Å². The topological polar surface area (TPSA) is 65.1 Å². The Hall–Kier alpha value is -1.15. The molecule has 0 spiro atoms. The molecule has 1 fully saturated rings. The van der Waals surface area contributed by atoms with Gasteiger partial charge in [0.05, 0.1) is 23.6 Å². The minimum Gasteiger partial charge on any atom is -0.454 e. The van der Waals surface area contributed by atoms with Crippen molar-refractivity contribution in [3.63, 3.8) is 0 Å². The summed E-state index contributed by atoms with van der Waals surface area (Å²) in [6, 6.07) is 3.65. The van der Waals surface area contributed by atoms with Gasteiger partial charge >= 0.3 is 5.97 Å². The molecule has 0 aliphatic carbocycles. The summed E-state index contributed by atoms with van der Waals surface area (Å²) >= 11 is 7.27. The molecule has 1 aliphatic heterocycles. The number of amides is 1. The fourth-order valence-corrected chi connectivity index (χ4v) is 3.36. The van der Waals surface area contributed by atoms with Gasteiger partial charge in [0, 0.05) is 18.5 Å². The summed E-state index contributed by atoms with van der Waals surface area (Å²) < 4.78 is 16.6. The van der Waals surface area contributed by atoms with E-state index in [1.807, 2.05) is 6.07 Å². The molecule has 1 aliphatic rings. The first-order valence-corrected chi connectivity index (χ1v) is 9.03. The molecule has 2 heterocycles. The van der Waals surface area contributed by atoms with Crippen molar-refractivity contribution < 1.29 is 23.8 Å². The highest BCUT2D eigenvalue weighted by molar-refractivity contribution is 7.16. The van der Waals surface area contributed by atoms with E-state index in [0.717, 1.165) is 24.3 Å². The summed E-state index contributed by atoms with van der Waals surface area (Å²) in [6.07, 6.45) is 1.29. The summed E-state index contributed by atoms with van der Waals surface area (Å²) in [5.74, 6) is -0.826. The summed E-state index contributed by atoms with van der Waals surface area (Å²) in [6.45, 7) is 2.84. The largest absolute Gasteiger partial charge is 0.454 e. The second kappa shape index (κ2) is 9.36. The number of hydrogen-bond acceptors (Lipinski definition) is 6. The number of carbonyl (C=O) groups excluding carboxylic acids is 2. The Balaban J connectivity index is 1.66. The molecule has 1 aromatic rings. The van der Waals surface area contributed by atoms with Crippen LogP contribution in [0.5, 0.6) is 0 Å². The molecule has 2 atom stereocenters. The van der Waals surface area contributed by atoms with Gasteiger partial charge in [-0.25, -0.2) is 4.79 Å². The lowest BCUT2D eigenvalue weighted by molar-refractivity contribution is -0.162. The predicted molar refractivity (Wildman–Crippen MR) is 91.2 cm³/mol. The Morgan fingerprint density at radius 2 is 2.29 bits per heavy atom. The molecule has 2 rings (SSSR count). The minimum absolute atomic E-state index is 0.0469. The van der Waals surface area contributed by atoms with Gasteiger partial charge in [-0.2, -0.15) is 0 Å². The zero-order valence-corrected chi connectivity index (χ0v) is 15.4.